The quantitative estimate of drug-likeness (QED) is 0.572. The first-order chi connectivity index (χ1) is 6.57. The van der Waals surface area contributed by atoms with Gasteiger partial charge in [-0.15, -0.1) is 0 Å². The number of nitrogens with zero attached hydrogens (tertiary/aromatic N) is 1. The Morgan fingerprint density at radius 1 is 1.36 bits per heavy atom. The van der Waals surface area contributed by atoms with E-state index in [9.17, 15) is 4.79 Å². The van der Waals surface area contributed by atoms with E-state index >= 15 is 0 Å². The fraction of sp³-hybridized carbons (Fsp3) is 0.900. The minimum absolute atomic E-state index is 0.0964. The highest BCUT2D eigenvalue weighted by atomic mass is 16.2. The van der Waals surface area contributed by atoms with Crippen LogP contribution in [0.25, 0.3) is 0 Å². The van der Waals surface area contributed by atoms with Crippen molar-refractivity contribution in [2.75, 3.05) is 33.2 Å². The van der Waals surface area contributed by atoms with Crippen molar-refractivity contribution >= 4 is 5.91 Å². The number of rotatable bonds is 7. The Kier molecular flexibility index (Phi) is 7.42. The Bertz CT molecular complexity index is 159. The van der Waals surface area contributed by atoms with Gasteiger partial charge in [0.15, 0.2) is 0 Å². The van der Waals surface area contributed by atoms with Gasteiger partial charge in [0.2, 0.25) is 5.91 Å². The van der Waals surface area contributed by atoms with E-state index in [0.717, 1.165) is 13.1 Å². The summed E-state index contributed by atoms with van der Waals surface area (Å²) in [5.74, 6) is 0.0964. The van der Waals surface area contributed by atoms with Crippen LogP contribution in [0.4, 0.5) is 0 Å². The van der Waals surface area contributed by atoms with Crippen LogP contribution in [0.15, 0.2) is 0 Å². The van der Waals surface area contributed by atoms with E-state index in [2.05, 4.69) is 24.5 Å². The van der Waals surface area contributed by atoms with Gasteiger partial charge in [-0.2, -0.15) is 0 Å². The molecular formula is C10H23N3O. The molecule has 0 atom stereocenters. The standard InChI is InChI=1S/C10H23N3O/c1-5-11-6-7-12-10(14)8-13(4)9(2)3/h9,11H,5-8H2,1-4H3,(H,12,14). The highest BCUT2D eigenvalue weighted by Gasteiger charge is 2.07. The molecule has 84 valence electrons. The smallest absolute Gasteiger partial charge is 0.234 e. The molecule has 0 aliphatic heterocycles. The van der Waals surface area contributed by atoms with Crippen molar-refractivity contribution in [1.29, 1.82) is 0 Å². The zero-order valence-corrected chi connectivity index (χ0v) is 9.76. The van der Waals surface area contributed by atoms with Gasteiger partial charge in [0.05, 0.1) is 6.54 Å². The van der Waals surface area contributed by atoms with Gasteiger partial charge >= 0.3 is 0 Å². The van der Waals surface area contributed by atoms with Crippen LogP contribution >= 0.6 is 0 Å². The molecule has 2 N–H and O–H groups in total. The summed E-state index contributed by atoms with van der Waals surface area (Å²) in [5, 5.41) is 6.01. The van der Waals surface area contributed by atoms with E-state index in [1.807, 2.05) is 18.9 Å². The third-order valence-electron chi connectivity index (χ3n) is 2.15. The molecule has 1 amide bonds. The maximum Gasteiger partial charge on any atom is 0.234 e. The lowest BCUT2D eigenvalue weighted by Gasteiger charge is -2.20. The lowest BCUT2D eigenvalue weighted by molar-refractivity contribution is -0.122. The largest absolute Gasteiger partial charge is 0.354 e. The maximum absolute atomic E-state index is 11.3. The number of carbonyl (C=O) groups is 1. The summed E-state index contributed by atoms with van der Waals surface area (Å²) >= 11 is 0. The second-order valence-electron chi connectivity index (χ2n) is 3.71. The highest BCUT2D eigenvalue weighted by Crippen LogP contribution is 1.91. The maximum atomic E-state index is 11.3. The Morgan fingerprint density at radius 2 is 2.00 bits per heavy atom. The van der Waals surface area contributed by atoms with Crippen molar-refractivity contribution in [3.05, 3.63) is 0 Å². The van der Waals surface area contributed by atoms with Gasteiger partial charge in [-0.3, -0.25) is 9.69 Å². The van der Waals surface area contributed by atoms with Crippen LogP contribution in [0.1, 0.15) is 20.8 Å². The fourth-order valence-corrected chi connectivity index (χ4v) is 0.932. The predicted octanol–water partition coefficient (Wildman–Crippen LogP) is 0.0523. The second-order valence-corrected chi connectivity index (χ2v) is 3.71. The lowest BCUT2D eigenvalue weighted by Crippen LogP contribution is -2.40. The van der Waals surface area contributed by atoms with Crippen molar-refractivity contribution in [1.82, 2.24) is 15.5 Å². The topological polar surface area (TPSA) is 44.4 Å². The molecular weight excluding hydrogens is 178 g/mol. The van der Waals surface area contributed by atoms with E-state index in [4.69, 9.17) is 0 Å². The summed E-state index contributed by atoms with van der Waals surface area (Å²) in [6.07, 6.45) is 0. The first-order valence-electron chi connectivity index (χ1n) is 5.25. The molecule has 0 aromatic heterocycles. The molecule has 0 unspecified atom stereocenters. The molecule has 4 nitrogen and oxygen atoms in total. The lowest BCUT2D eigenvalue weighted by atomic mass is 10.3. The SMILES string of the molecule is CCNCCNC(=O)CN(C)C(C)C. The van der Waals surface area contributed by atoms with Crippen molar-refractivity contribution in [3.8, 4) is 0 Å². The van der Waals surface area contributed by atoms with E-state index in [-0.39, 0.29) is 5.91 Å². The third kappa shape index (κ3) is 6.86. The van der Waals surface area contributed by atoms with E-state index in [0.29, 0.717) is 19.1 Å². The summed E-state index contributed by atoms with van der Waals surface area (Å²) in [6.45, 7) is 9.17. The van der Waals surface area contributed by atoms with E-state index in [1.54, 1.807) is 0 Å². The minimum Gasteiger partial charge on any atom is -0.354 e. The van der Waals surface area contributed by atoms with Crippen LogP contribution < -0.4 is 10.6 Å². The van der Waals surface area contributed by atoms with Crippen LogP contribution in [0, 0.1) is 0 Å². The first-order valence-corrected chi connectivity index (χ1v) is 5.25. The Hall–Kier alpha value is -0.610. The van der Waals surface area contributed by atoms with Crippen molar-refractivity contribution in [2.45, 2.75) is 26.8 Å². The molecule has 0 aliphatic carbocycles. The highest BCUT2D eigenvalue weighted by molar-refractivity contribution is 5.77. The van der Waals surface area contributed by atoms with Gasteiger partial charge in [-0.1, -0.05) is 6.92 Å². The van der Waals surface area contributed by atoms with Gasteiger partial charge in [-0.05, 0) is 27.4 Å². The summed E-state index contributed by atoms with van der Waals surface area (Å²) in [6, 6.07) is 0.412. The number of nitrogens with one attached hydrogen (secondary N) is 2. The van der Waals surface area contributed by atoms with E-state index in [1.165, 1.54) is 0 Å². The normalized spacial score (nSPS) is 11.0. The van der Waals surface area contributed by atoms with Crippen LogP contribution in [-0.4, -0.2) is 50.1 Å². The Balaban J connectivity index is 3.45. The molecule has 0 aliphatic rings. The number of carbonyl (C=O) groups excluding carboxylic acids is 1. The van der Waals surface area contributed by atoms with Crippen molar-refractivity contribution < 1.29 is 4.79 Å². The molecule has 0 aromatic carbocycles. The molecule has 0 spiro atoms. The molecule has 0 rings (SSSR count). The Morgan fingerprint density at radius 3 is 2.50 bits per heavy atom. The number of hydrogen-bond acceptors (Lipinski definition) is 3. The summed E-state index contributed by atoms with van der Waals surface area (Å²) in [5.41, 5.74) is 0. The van der Waals surface area contributed by atoms with Crippen LogP contribution in [-0.2, 0) is 4.79 Å². The van der Waals surface area contributed by atoms with Gasteiger partial charge in [-0.25, -0.2) is 0 Å². The van der Waals surface area contributed by atoms with Crippen LogP contribution in [0.2, 0.25) is 0 Å². The molecule has 0 saturated carbocycles. The first kappa shape index (κ1) is 13.4. The molecule has 0 fully saturated rings. The third-order valence-corrected chi connectivity index (χ3v) is 2.15. The molecule has 0 bridgehead atoms. The molecule has 14 heavy (non-hydrogen) atoms. The fourth-order valence-electron chi connectivity index (χ4n) is 0.932. The van der Waals surface area contributed by atoms with Gasteiger partial charge < -0.3 is 10.6 Å². The second kappa shape index (κ2) is 7.76. The van der Waals surface area contributed by atoms with Gasteiger partial charge in [0, 0.05) is 19.1 Å². The summed E-state index contributed by atoms with van der Waals surface area (Å²) in [4.78, 5) is 13.4. The average Bonchev–Trinajstić information content (AvgIpc) is 2.12. The monoisotopic (exact) mass is 201 g/mol. The molecule has 4 heteroatoms. The zero-order chi connectivity index (χ0) is 11.0. The Labute approximate surface area is 87.0 Å². The summed E-state index contributed by atoms with van der Waals surface area (Å²) in [7, 11) is 1.95. The van der Waals surface area contributed by atoms with E-state index < -0.39 is 0 Å². The number of amides is 1. The van der Waals surface area contributed by atoms with Gasteiger partial charge in [0.1, 0.15) is 0 Å². The van der Waals surface area contributed by atoms with Crippen molar-refractivity contribution in [2.24, 2.45) is 0 Å². The van der Waals surface area contributed by atoms with Crippen molar-refractivity contribution in [3.63, 3.8) is 0 Å². The summed E-state index contributed by atoms with van der Waals surface area (Å²) < 4.78 is 0. The average molecular weight is 201 g/mol. The molecule has 0 saturated heterocycles. The zero-order valence-electron chi connectivity index (χ0n) is 9.76. The number of hydrogen-bond donors (Lipinski definition) is 2. The number of likely N-dealkylation sites (N-methyl/N-ethyl adjacent to an activating group) is 2. The van der Waals surface area contributed by atoms with Gasteiger partial charge in [0.25, 0.3) is 0 Å². The molecule has 0 aromatic rings. The van der Waals surface area contributed by atoms with Crippen LogP contribution in [0.5, 0.6) is 0 Å². The minimum atomic E-state index is 0.0964. The molecule has 0 heterocycles. The molecule has 0 radical (unpaired) electrons. The van der Waals surface area contributed by atoms with Crippen LogP contribution in [0.3, 0.4) is 0 Å². The predicted molar refractivity (Wildman–Crippen MR) is 59.3 cm³/mol.